The first kappa shape index (κ1) is 13.1. The number of carbonyl (C=O) groups excluding carboxylic acids is 3. The SMILES string of the molecule is CCOC(=O)CCC(=O)c1cccc(C=O)c1. The fourth-order valence-electron chi connectivity index (χ4n) is 1.38. The van der Waals surface area contributed by atoms with Gasteiger partial charge in [0.1, 0.15) is 6.29 Å². The predicted octanol–water partition coefficient (Wildman–Crippen LogP) is 2.03. The van der Waals surface area contributed by atoms with E-state index < -0.39 is 0 Å². The lowest BCUT2D eigenvalue weighted by Gasteiger charge is -2.02. The van der Waals surface area contributed by atoms with Gasteiger partial charge < -0.3 is 4.74 Å². The second-order valence-electron chi connectivity index (χ2n) is 3.47. The topological polar surface area (TPSA) is 60.4 Å². The maximum Gasteiger partial charge on any atom is 0.306 e. The van der Waals surface area contributed by atoms with Gasteiger partial charge in [-0.1, -0.05) is 18.2 Å². The lowest BCUT2D eigenvalue weighted by atomic mass is 10.0. The Morgan fingerprint density at radius 1 is 1.29 bits per heavy atom. The van der Waals surface area contributed by atoms with E-state index in [1.807, 2.05) is 0 Å². The van der Waals surface area contributed by atoms with E-state index in [1.54, 1.807) is 25.1 Å². The molecule has 0 amide bonds. The van der Waals surface area contributed by atoms with Gasteiger partial charge in [-0.3, -0.25) is 14.4 Å². The van der Waals surface area contributed by atoms with Crippen molar-refractivity contribution in [1.29, 1.82) is 0 Å². The Labute approximate surface area is 99.6 Å². The van der Waals surface area contributed by atoms with Crippen molar-refractivity contribution in [1.82, 2.24) is 0 Å². The van der Waals surface area contributed by atoms with Crippen LogP contribution in [0.4, 0.5) is 0 Å². The van der Waals surface area contributed by atoms with Gasteiger partial charge in [-0.05, 0) is 13.0 Å². The molecule has 0 unspecified atom stereocenters. The van der Waals surface area contributed by atoms with E-state index in [9.17, 15) is 14.4 Å². The standard InChI is InChI=1S/C13H14O4/c1-2-17-13(16)7-6-12(15)11-5-3-4-10(8-11)9-14/h3-5,8-9H,2,6-7H2,1H3. The van der Waals surface area contributed by atoms with Gasteiger partial charge in [-0.2, -0.15) is 0 Å². The van der Waals surface area contributed by atoms with Crippen LogP contribution in [0.15, 0.2) is 24.3 Å². The highest BCUT2D eigenvalue weighted by atomic mass is 16.5. The zero-order valence-electron chi connectivity index (χ0n) is 9.64. The molecule has 90 valence electrons. The average Bonchev–Trinajstić information content (AvgIpc) is 2.36. The fraction of sp³-hybridized carbons (Fsp3) is 0.308. The van der Waals surface area contributed by atoms with Gasteiger partial charge in [0.25, 0.3) is 0 Å². The van der Waals surface area contributed by atoms with Crippen LogP contribution in [0.2, 0.25) is 0 Å². The molecule has 0 atom stereocenters. The van der Waals surface area contributed by atoms with Crippen LogP contribution in [0.25, 0.3) is 0 Å². The van der Waals surface area contributed by atoms with Crippen molar-refractivity contribution in [3.05, 3.63) is 35.4 Å². The quantitative estimate of drug-likeness (QED) is 0.429. The van der Waals surface area contributed by atoms with Gasteiger partial charge in [-0.25, -0.2) is 0 Å². The van der Waals surface area contributed by atoms with Gasteiger partial charge in [0, 0.05) is 17.5 Å². The smallest absolute Gasteiger partial charge is 0.306 e. The van der Waals surface area contributed by atoms with Crippen LogP contribution in [0, 0.1) is 0 Å². The molecular weight excluding hydrogens is 220 g/mol. The number of esters is 1. The Bertz CT molecular complexity index is 423. The van der Waals surface area contributed by atoms with Gasteiger partial charge >= 0.3 is 5.97 Å². The largest absolute Gasteiger partial charge is 0.466 e. The molecule has 0 spiro atoms. The van der Waals surface area contributed by atoms with Crippen LogP contribution in [-0.4, -0.2) is 24.6 Å². The monoisotopic (exact) mass is 234 g/mol. The molecular formula is C13H14O4. The Hall–Kier alpha value is -1.97. The van der Waals surface area contributed by atoms with Crippen LogP contribution in [0.3, 0.4) is 0 Å². The molecule has 0 radical (unpaired) electrons. The molecule has 17 heavy (non-hydrogen) atoms. The molecule has 0 fully saturated rings. The second-order valence-corrected chi connectivity index (χ2v) is 3.47. The summed E-state index contributed by atoms with van der Waals surface area (Å²) in [6, 6.07) is 6.40. The Morgan fingerprint density at radius 3 is 2.71 bits per heavy atom. The predicted molar refractivity (Wildman–Crippen MR) is 62.0 cm³/mol. The number of ketones is 1. The number of hydrogen-bond acceptors (Lipinski definition) is 4. The van der Waals surface area contributed by atoms with Crippen LogP contribution >= 0.6 is 0 Å². The summed E-state index contributed by atoms with van der Waals surface area (Å²) in [6.07, 6.45) is 0.848. The van der Waals surface area contributed by atoms with Crippen molar-refractivity contribution in [3.8, 4) is 0 Å². The molecule has 0 bridgehead atoms. The van der Waals surface area contributed by atoms with E-state index in [2.05, 4.69) is 0 Å². The summed E-state index contributed by atoms with van der Waals surface area (Å²) in [4.78, 5) is 33.3. The van der Waals surface area contributed by atoms with Crippen LogP contribution in [-0.2, 0) is 9.53 Å². The zero-order chi connectivity index (χ0) is 12.7. The van der Waals surface area contributed by atoms with Crippen LogP contribution in [0.1, 0.15) is 40.5 Å². The molecule has 0 saturated carbocycles. The minimum Gasteiger partial charge on any atom is -0.466 e. The summed E-state index contributed by atoms with van der Waals surface area (Å²) >= 11 is 0. The Balaban J connectivity index is 2.57. The van der Waals surface area contributed by atoms with E-state index in [-0.39, 0.29) is 24.6 Å². The van der Waals surface area contributed by atoms with Crippen molar-refractivity contribution in [2.45, 2.75) is 19.8 Å². The second kappa shape index (κ2) is 6.58. The molecule has 0 aliphatic rings. The normalized spacial score (nSPS) is 9.71. The molecule has 1 aromatic carbocycles. The summed E-state index contributed by atoms with van der Waals surface area (Å²) in [6.45, 7) is 2.03. The van der Waals surface area contributed by atoms with Crippen molar-refractivity contribution in [2.24, 2.45) is 0 Å². The zero-order valence-corrected chi connectivity index (χ0v) is 9.64. The molecule has 0 saturated heterocycles. The van der Waals surface area contributed by atoms with Crippen molar-refractivity contribution < 1.29 is 19.1 Å². The minimum absolute atomic E-state index is 0.0675. The van der Waals surface area contributed by atoms with E-state index in [0.717, 1.165) is 0 Å². The molecule has 4 nitrogen and oxygen atoms in total. The summed E-state index contributed by atoms with van der Waals surface area (Å²) in [5.41, 5.74) is 0.894. The van der Waals surface area contributed by atoms with E-state index in [0.29, 0.717) is 24.0 Å². The third-order valence-electron chi connectivity index (χ3n) is 2.21. The van der Waals surface area contributed by atoms with Crippen molar-refractivity contribution in [3.63, 3.8) is 0 Å². The van der Waals surface area contributed by atoms with Crippen molar-refractivity contribution in [2.75, 3.05) is 6.61 Å². The van der Waals surface area contributed by atoms with Crippen LogP contribution < -0.4 is 0 Å². The molecule has 0 heterocycles. The highest BCUT2D eigenvalue weighted by Crippen LogP contribution is 2.08. The fourth-order valence-corrected chi connectivity index (χ4v) is 1.38. The van der Waals surface area contributed by atoms with E-state index >= 15 is 0 Å². The number of ether oxygens (including phenoxy) is 1. The first-order valence-corrected chi connectivity index (χ1v) is 5.41. The minimum atomic E-state index is -0.382. The molecule has 0 aliphatic carbocycles. The van der Waals surface area contributed by atoms with Gasteiger partial charge in [0.15, 0.2) is 5.78 Å². The Kier molecular flexibility index (Phi) is 5.07. The third kappa shape index (κ3) is 4.18. The van der Waals surface area contributed by atoms with Crippen LogP contribution in [0.5, 0.6) is 0 Å². The molecule has 4 heteroatoms. The number of carbonyl (C=O) groups is 3. The molecule has 0 aliphatic heterocycles. The molecule has 0 aromatic heterocycles. The lowest BCUT2D eigenvalue weighted by Crippen LogP contribution is -2.08. The molecule has 1 aromatic rings. The summed E-state index contributed by atoms with van der Waals surface area (Å²) in [5.74, 6) is -0.547. The van der Waals surface area contributed by atoms with E-state index in [4.69, 9.17) is 4.74 Å². The number of benzene rings is 1. The summed E-state index contributed by atoms with van der Waals surface area (Å²) < 4.78 is 4.73. The average molecular weight is 234 g/mol. The summed E-state index contributed by atoms with van der Waals surface area (Å²) in [5, 5.41) is 0. The first-order chi connectivity index (χ1) is 8.17. The highest BCUT2D eigenvalue weighted by molar-refractivity contribution is 5.98. The highest BCUT2D eigenvalue weighted by Gasteiger charge is 2.10. The maximum absolute atomic E-state index is 11.7. The third-order valence-corrected chi connectivity index (χ3v) is 2.21. The lowest BCUT2D eigenvalue weighted by molar-refractivity contribution is -0.143. The van der Waals surface area contributed by atoms with Gasteiger partial charge in [0.2, 0.25) is 0 Å². The number of aldehydes is 1. The Morgan fingerprint density at radius 2 is 2.06 bits per heavy atom. The van der Waals surface area contributed by atoms with E-state index in [1.165, 1.54) is 6.07 Å². The summed E-state index contributed by atoms with van der Waals surface area (Å²) in [7, 11) is 0. The molecule has 0 N–H and O–H groups in total. The van der Waals surface area contributed by atoms with Gasteiger partial charge in [-0.15, -0.1) is 0 Å². The first-order valence-electron chi connectivity index (χ1n) is 5.41. The molecule has 1 rings (SSSR count). The number of rotatable bonds is 6. The number of hydrogen-bond donors (Lipinski definition) is 0. The number of Topliss-reactive ketones (excluding diaryl/α,β-unsaturated/α-hetero) is 1. The maximum atomic E-state index is 11.7. The van der Waals surface area contributed by atoms with Crippen molar-refractivity contribution >= 4 is 18.0 Å². The van der Waals surface area contributed by atoms with Gasteiger partial charge in [0.05, 0.1) is 13.0 Å².